The highest BCUT2D eigenvalue weighted by molar-refractivity contribution is 8.00. The van der Waals surface area contributed by atoms with E-state index in [0.29, 0.717) is 5.89 Å². The minimum Gasteiger partial charge on any atom is -0.480 e. The van der Waals surface area contributed by atoms with Gasteiger partial charge in [0.05, 0.1) is 6.61 Å². The number of ether oxygens (including phenoxy) is 1. The molecular formula is C7H10N2O4S. The average Bonchev–Trinajstić information content (AvgIpc) is 2.50. The Balaban J connectivity index is 2.59. The lowest BCUT2D eigenvalue weighted by molar-refractivity contribution is -0.137. The van der Waals surface area contributed by atoms with Gasteiger partial charge in [-0.1, -0.05) is 0 Å². The van der Waals surface area contributed by atoms with Gasteiger partial charge >= 0.3 is 5.97 Å². The SMILES string of the molecule is COCC(Sc1nnc(C)o1)C(=O)O. The fraction of sp³-hybridized carbons (Fsp3) is 0.571. The van der Waals surface area contributed by atoms with Crippen LogP contribution in [0.5, 0.6) is 0 Å². The Morgan fingerprint density at radius 3 is 2.86 bits per heavy atom. The van der Waals surface area contributed by atoms with Crippen molar-refractivity contribution in [2.75, 3.05) is 13.7 Å². The minimum absolute atomic E-state index is 0.0986. The number of aliphatic carboxylic acids is 1. The summed E-state index contributed by atoms with van der Waals surface area (Å²) >= 11 is 0.977. The van der Waals surface area contributed by atoms with Crippen LogP contribution >= 0.6 is 11.8 Å². The molecule has 1 unspecified atom stereocenters. The predicted octanol–water partition coefficient (Wildman–Crippen LogP) is 0.570. The van der Waals surface area contributed by atoms with Gasteiger partial charge in [-0.05, 0) is 11.8 Å². The summed E-state index contributed by atoms with van der Waals surface area (Å²) in [6.45, 7) is 1.74. The van der Waals surface area contributed by atoms with Gasteiger partial charge in [-0.15, -0.1) is 10.2 Å². The molecule has 0 aliphatic rings. The Kier molecular flexibility index (Phi) is 3.90. The number of nitrogens with zero attached hydrogens (tertiary/aromatic N) is 2. The van der Waals surface area contributed by atoms with E-state index >= 15 is 0 Å². The van der Waals surface area contributed by atoms with Crippen molar-refractivity contribution in [1.29, 1.82) is 0 Å². The molecule has 0 aromatic carbocycles. The van der Waals surface area contributed by atoms with Crippen molar-refractivity contribution in [2.45, 2.75) is 17.4 Å². The summed E-state index contributed by atoms with van der Waals surface area (Å²) in [5.74, 6) is -0.554. The largest absolute Gasteiger partial charge is 0.480 e. The Morgan fingerprint density at radius 1 is 1.71 bits per heavy atom. The summed E-state index contributed by atoms with van der Waals surface area (Å²) in [6, 6.07) is 0. The number of methoxy groups -OCH3 is 1. The standard InChI is InChI=1S/C7H10N2O4S/c1-4-8-9-7(13-4)14-5(3-12-2)6(10)11/h5H,3H2,1-2H3,(H,10,11). The summed E-state index contributed by atoms with van der Waals surface area (Å²) in [6.07, 6.45) is 0. The van der Waals surface area contributed by atoms with E-state index in [9.17, 15) is 4.79 Å². The first-order valence-electron chi connectivity index (χ1n) is 3.82. The maximum atomic E-state index is 10.7. The van der Waals surface area contributed by atoms with Crippen molar-refractivity contribution >= 4 is 17.7 Å². The summed E-state index contributed by atoms with van der Waals surface area (Å²) in [5, 5.41) is 15.6. The van der Waals surface area contributed by atoms with Crippen LogP contribution in [0.4, 0.5) is 0 Å². The third kappa shape index (κ3) is 3.00. The first-order valence-corrected chi connectivity index (χ1v) is 4.70. The van der Waals surface area contributed by atoms with E-state index in [1.165, 1.54) is 7.11 Å². The van der Waals surface area contributed by atoms with Gasteiger partial charge in [-0.3, -0.25) is 4.79 Å². The number of carboxylic acids is 1. The summed E-state index contributed by atoms with van der Waals surface area (Å²) < 4.78 is 9.79. The van der Waals surface area contributed by atoms with E-state index in [0.717, 1.165) is 11.8 Å². The smallest absolute Gasteiger partial charge is 0.319 e. The molecule has 1 heterocycles. The summed E-state index contributed by atoms with van der Waals surface area (Å²) in [4.78, 5) is 10.7. The van der Waals surface area contributed by atoms with E-state index in [4.69, 9.17) is 14.3 Å². The van der Waals surface area contributed by atoms with Gasteiger partial charge in [-0.25, -0.2) is 0 Å². The highest BCUT2D eigenvalue weighted by Crippen LogP contribution is 2.22. The van der Waals surface area contributed by atoms with Crippen molar-refractivity contribution in [3.63, 3.8) is 0 Å². The molecule has 0 aliphatic carbocycles. The number of aromatic nitrogens is 2. The highest BCUT2D eigenvalue weighted by Gasteiger charge is 2.21. The predicted molar refractivity (Wildman–Crippen MR) is 48.2 cm³/mol. The van der Waals surface area contributed by atoms with Crippen LogP contribution < -0.4 is 0 Å². The maximum Gasteiger partial charge on any atom is 0.319 e. The molecule has 6 nitrogen and oxygen atoms in total. The van der Waals surface area contributed by atoms with Crippen LogP contribution in [0.3, 0.4) is 0 Å². The molecule has 0 amide bonds. The lowest BCUT2D eigenvalue weighted by Crippen LogP contribution is -2.21. The molecule has 7 heteroatoms. The number of carbonyl (C=O) groups is 1. The minimum atomic E-state index is -0.965. The molecule has 0 saturated carbocycles. The average molecular weight is 218 g/mol. The number of carboxylic acid groups (broad SMARTS) is 1. The molecule has 0 bridgehead atoms. The van der Waals surface area contributed by atoms with E-state index in [1.807, 2.05) is 0 Å². The molecule has 1 atom stereocenters. The molecule has 1 aromatic rings. The van der Waals surface area contributed by atoms with Gasteiger partial charge in [-0.2, -0.15) is 0 Å². The molecule has 14 heavy (non-hydrogen) atoms. The molecule has 0 spiro atoms. The van der Waals surface area contributed by atoms with Crippen LogP contribution in [0.15, 0.2) is 9.64 Å². The maximum absolute atomic E-state index is 10.7. The van der Waals surface area contributed by atoms with Crippen molar-refractivity contribution in [1.82, 2.24) is 10.2 Å². The summed E-state index contributed by atoms with van der Waals surface area (Å²) in [5.41, 5.74) is 0. The third-order valence-corrected chi connectivity index (χ3v) is 2.33. The van der Waals surface area contributed by atoms with Crippen molar-refractivity contribution in [3.8, 4) is 0 Å². The molecular weight excluding hydrogens is 208 g/mol. The number of hydrogen-bond donors (Lipinski definition) is 1. The Bertz CT molecular complexity index is 314. The van der Waals surface area contributed by atoms with Crippen LogP contribution in [0.2, 0.25) is 0 Å². The second-order valence-corrected chi connectivity index (χ2v) is 3.64. The lowest BCUT2D eigenvalue weighted by atomic mass is 10.5. The van der Waals surface area contributed by atoms with Crippen LogP contribution in [0.1, 0.15) is 5.89 Å². The van der Waals surface area contributed by atoms with E-state index in [2.05, 4.69) is 10.2 Å². The van der Waals surface area contributed by atoms with Crippen molar-refractivity contribution < 1.29 is 19.1 Å². The second-order valence-electron chi connectivity index (χ2n) is 2.49. The second kappa shape index (κ2) is 4.97. The molecule has 1 rings (SSSR count). The van der Waals surface area contributed by atoms with Gasteiger partial charge in [0.2, 0.25) is 5.89 Å². The van der Waals surface area contributed by atoms with Crippen molar-refractivity contribution in [2.24, 2.45) is 0 Å². The van der Waals surface area contributed by atoms with Crippen molar-refractivity contribution in [3.05, 3.63) is 5.89 Å². The first-order chi connectivity index (χ1) is 6.63. The molecule has 0 fully saturated rings. The topological polar surface area (TPSA) is 85.5 Å². The Hall–Kier alpha value is -1.08. The van der Waals surface area contributed by atoms with Gasteiger partial charge in [0.25, 0.3) is 5.22 Å². The monoisotopic (exact) mass is 218 g/mol. The quantitative estimate of drug-likeness (QED) is 0.723. The Labute approximate surface area is 84.7 Å². The van der Waals surface area contributed by atoms with Crippen LogP contribution in [-0.2, 0) is 9.53 Å². The van der Waals surface area contributed by atoms with Gasteiger partial charge < -0.3 is 14.3 Å². The van der Waals surface area contributed by atoms with Crippen LogP contribution in [-0.4, -0.2) is 40.2 Å². The van der Waals surface area contributed by atoms with E-state index < -0.39 is 11.2 Å². The summed E-state index contributed by atoms with van der Waals surface area (Å²) in [7, 11) is 1.44. The number of thioether (sulfide) groups is 1. The van der Waals surface area contributed by atoms with Gasteiger partial charge in [0, 0.05) is 14.0 Å². The van der Waals surface area contributed by atoms with E-state index in [1.54, 1.807) is 6.92 Å². The number of aryl methyl sites for hydroxylation is 1. The number of rotatable bonds is 5. The molecule has 0 saturated heterocycles. The first kappa shape index (κ1) is 11.0. The fourth-order valence-electron chi connectivity index (χ4n) is 0.755. The van der Waals surface area contributed by atoms with Crippen LogP contribution in [0.25, 0.3) is 0 Å². The van der Waals surface area contributed by atoms with Gasteiger partial charge in [0.1, 0.15) is 5.25 Å². The zero-order valence-corrected chi connectivity index (χ0v) is 8.58. The molecule has 78 valence electrons. The zero-order chi connectivity index (χ0) is 10.6. The highest BCUT2D eigenvalue weighted by atomic mass is 32.2. The molecule has 1 N–H and O–H groups in total. The van der Waals surface area contributed by atoms with E-state index in [-0.39, 0.29) is 11.8 Å². The Morgan fingerprint density at radius 2 is 2.43 bits per heavy atom. The lowest BCUT2D eigenvalue weighted by Gasteiger charge is -2.06. The van der Waals surface area contributed by atoms with Gasteiger partial charge in [0.15, 0.2) is 0 Å². The molecule has 1 aromatic heterocycles. The molecule has 0 aliphatic heterocycles. The third-order valence-electron chi connectivity index (χ3n) is 1.34. The zero-order valence-electron chi connectivity index (χ0n) is 7.76. The van der Waals surface area contributed by atoms with Crippen LogP contribution in [0, 0.1) is 6.92 Å². The molecule has 0 radical (unpaired) electrons. The number of hydrogen-bond acceptors (Lipinski definition) is 6. The fourth-order valence-corrected chi connectivity index (χ4v) is 1.56. The normalized spacial score (nSPS) is 12.7.